The van der Waals surface area contributed by atoms with Crippen molar-refractivity contribution in [2.24, 2.45) is 0 Å². The van der Waals surface area contributed by atoms with Crippen molar-refractivity contribution in [1.29, 1.82) is 0 Å². The fourth-order valence-corrected chi connectivity index (χ4v) is 3.46. The molecule has 0 radical (unpaired) electrons. The highest BCUT2D eigenvalue weighted by molar-refractivity contribution is 5.85. The minimum Gasteiger partial charge on any atom is -0.497 e. The van der Waals surface area contributed by atoms with Crippen LogP contribution in [-0.2, 0) is 14.3 Å². The summed E-state index contributed by atoms with van der Waals surface area (Å²) in [5, 5.41) is 13.7. The lowest BCUT2D eigenvalue weighted by molar-refractivity contribution is -0.131. The molecular weight excluding hydrogens is 508 g/mol. The number of amides is 2. The number of rotatable bonds is 12. The van der Waals surface area contributed by atoms with E-state index in [0.717, 1.165) is 11.1 Å². The van der Waals surface area contributed by atoms with Crippen molar-refractivity contribution in [3.8, 4) is 17.2 Å². The third-order valence-corrected chi connectivity index (χ3v) is 5.11. The number of benzene rings is 2. The SMILES string of the molecule is COc1cc(/C=C/c2ccc(OC(=O)OCCNC(=O)C(NC(=O)O)C(C)OC(C)(C)C)cc2)cc(OC)c1. The van der Waals surface area contributed by atoms with Crippen LogP contribution in [0.15, 0.2) is 42.5 Å². The lowest BCUT2D eigenvalue weighted by Crippen LogP contribution is -2.54. The summed E-state index contributed by atoms with van der Waals surface area (Å²) in [5.41, 5.74) is 1.18. The first-order valence-electron chi connectivity index (χ1n) is 12.2. The summed E-state index contributed by atoms with van der Waals surface area (Å²) in [6.45, 7) is 6.75. The molecule has 11 nitrogen and oxygen atoms in total. The zero-order valence-electron chi connectivity index (χ0n) is 23.0. The van der Waals surface area contributed by atoms with Crippen molar-refractivity contribution in [3.63, 3.8) is 0 Å². The Bertz CT molecular complexity index is 1120. The molecule has 3 N–H and O–H groups in total. The molecule has 0 aliphatic carbocycles. The van der Waals surface area contributed by atoms with E-state index in [-0.39, 0.29) is 18.9 Å². The fraction of sp³-hybridized carbons (Fsp3) is 0.393. The van der Waals surface area contributed by atoms with Crippen LogP contribution in [0.4, 0.5) is 9.59 Å². The minimum absolute atomic E-state index is 0.0488. The molecule has 0 fully saturated rings. The molecule has 2 aromatic carbocycles. The van der Waals surface area contributed by atoms with Gasteiger partial charge in [-0.3, -0.25) is 4.79 Å². The van der Waals surface area contributed by atoms with Crippen LogP contribution in [0, 0.1) is 0 Å². The van der Waals surface area contributed by atoms with Gasteiger partial charge in [0.1, 0.15) is 29.9 Å². The highest BCUT2D eigenvalue weighted by Crippen LogP contribution is 2.24. The monoisotopic (exact) mass is 544 g/mol. The van der Waals surface area contributed by atoms with Crippen LogP contribution in [0.3, 0.4) is 0 Å². The smallest absolute Gasteiger partial charge is 0.497 e. The molecule has 0 aliphatic rings. The maximum atomic E-state index is 12.5. The summed E-state index contributed by atoms with van der Waals surface area (Å²) in [5.74, 6) is 1.03. The van der Waals surface area contributed by atoms with Crippen LogP contribution in [0.25, 0.3) is 12.2 Å². The third-order valence-electron chi connectivity index (χ3n) is 5.11. The molecule has 2 aromatic rings. The van der Waals surface area contributed by atoms with E-state index in [1.54, 1.807) is 72.2 Å². The molecule has 0 heterocycles. The van der Waals surface area contributed by atoms with Crippen molar-refractivity contribution >= 4 is 30.3 Å². The first-order valence-corrected chi connectivity index (χ1v) is 12.2. The average molecular weight is 545 g/mol. The van der Waals surface area contributed by atoms with E-state index in [9.17, 15) is 14.4 Å². The van der Waals surface area contributed by atoms with Gasteiger partial charge in [0.2, 0.25) is 5.91 Å². The standard InChI is InChI=1S/C28H36N2O9/c1-18(39-28(2,3)4)24(30-26(32)33)25(31)29-13-14-37-27(34)38-21-11-9-19(10-12-21)7-8-20-15-22(35-5)17-23(16-20)36-6/h7-12,15-18,24,30H,13-14H2,1-6H3,(H,29,31)(H,32,33)/b8-7+. The number of ether oxygens (including phenoxy) is 5. The van der Waals surface area contributed by atoms with Gasteiger partial charge in [-0.15, -0.1) is 0 Å². The molecular formula is C28H36N2O9. The van der Waals surface area contributed by atoms with Gasteiger partial charge in [-0.25, -0.2) is 9.59 Å². The van der Waals surface area contributed by atoms with Gasteiger partial charge in [0.05, 0.1) is 32.5 Å². The second-order valence-electron chi connectivity index (χ2n) is 9.40. The zero-order valence-corrected chi connectivity index (χ0v) is 23.0. The molecule has 2 atom stereocenters. The van der Waals surface area contributed by atoms with Gasteiger partial charge in [-0.05, 0) is 63.1 Å². The van der Waals surface area contributed by atoms with Crippen LogP contribution in [-0.4, -0.2) is 68.4 Å². The molecule has 0 aliphatic heterocycles. The Morgan fingerprint density at radius 1 is 0.923 bits per heavy atom. The van der Waals surface area contributed by atoms with Crippen molar-refractivity contribution in [3.05, 3.63) is 53.6 Å². The second kappa shape index (κ2) is 14.6. The molecule has 0 saturated carbocycles. The Balaban J connectivity index is 1.82. The number of carbonyl (C=O) groups excluding carboxylic acids is 2. The average Bonchev–Trinajstić information content (AvgIpc) is 2.87. The van der Waals surface area contributed by atoms with Crippen molar-refractivity contribution < 1.29 is 43.2 Å². The summed E-state index contributed by atoms with van der Waals surface area (Å²) in [6.07, 6.45) is 0.750. The van der Waals surface area contributed by atoms with Crippen LogP contribution in [0.5, 0.6) is 17.2 Å². The van der Waals surface area contributed by atoms with Gasteiger partial charge < -0.3 is 39.4 Å². The van der Waals surface area contributed by atoms with E-state index in [0.29, 0.717) is 11.5 Å². The van der Waals surface area contributed by atoms with Gasteiger partial charge in [-0.1, -0.05) is 24.3 Å². The quantitative estimate of drug-likeness (QED) is 0.154. The maximum Gasteiger partial charge on any atom is 0.513 e. The summed E-state index contributed by atoms with van der Waals surface area (Å²) in [6, 6.07) is 11.2. The van der Waals surface area contributed by atoms with E-state index in [1.165, 1.54) is 0 Å². The Morgan fingerprint density at radius 3 is 2.05 bits per heavy atom. The predicted molar refractivity (Wildman–Crippen MR) is 145 cm³/mol. The number of carbonyl (C=O) groups is 3. The third kappa shape index (κ3) is 11.3. The molecule has 0 saturated heterocycles. The highest BCUT2D eigenvalue weighted by atomic mass is 16.7. The predicted octanol–water partition coefficient (Wildman–Crippen LogP) is 4.35. The van der Waals surface area contributed by atoms with E-state index >= 15 is 0 Å². The Labute approximate surface area is 228 Å². The van der Waals surface area contributed by atoms with Gasteiger partial charge in [0.15, 0.2) is 0 Å². The van der Waals surface area contributed by atoms with Crippen molar-refractivity contribution in [2.45, 2.75) is 45.4 Å². The van der Waals surface area contributed by atoms with Crippen LogP contribution < -0.4 is 24.8 Å². The van der Waals surface area contributed by atoms with Gasteiger partial charge in [0.25, 0.3) is 0 Å². The lowest BCUT2D eigenvalue weighted by atomic mass is 10.1. The molecule has 2 amide bonds. The zero-order chi connectivity index (χ0) is 29.0. The van der Waals surface area contributed by atoms with E-state index < -0.39 is 35.9 Å². The molecule has 0 aromatic heterocycles. The largest absolute Gasteiger partial charge is 0.513 e. The number of carboxylic acid groups (broad SMARTS) is 1. The minimum atomic E-state index is -1.36. The van der Waals surface area contributed by atoms with Crippen molar-refractivity contribution in [1.82, 2.24) is 10.6 Å². The molecule has 212 valence electrons. The van der Waals surface area contributed by atoms with Crippen LogP contribution >= 0.6 is 0 Å². The Morgan fingerprint density at radius 2 is 1.51 bits per heavy atom. The van der Waals surface area contributed by atoms with E-state index in [1.807, 2.05) is 24.3 Å². The second-order valence-corrected chi connectivity index (χ2v) is 9.40. The Hall–Kier alpha value is -4.25. The molecule has 39 heavy (non-hydrogen) atoms. The molecule has 0 bridgehead atoms. The number of hydrogen-bond acceptors (Lipinski definition) is 8. The van der Waals surface area contributed by atoms with E-state index in [4.69, 9.17) is 28.8 Å². The van der Waals surface area contributed by atoms with E-state index in [2.05, 4.69) is 10.6 Å². The number of methoxy groups -OCH3 is 2. The molecule has 11 heteroatoms. The normalized spacial score (nSPS) is 12.8. The van der Waals surface area contributed by atoms with Crippen molar-refractivity contribution in [2.75, 3.05) is 27.4 Å². The fourth-order valence-electron chi connectivity index (χ4n) is 3.46. The van der Waals surface area contributed by atoms with Gasteiger partial charge >= 0.3 is 12.2 Å². The molecule has 0 spiro atoms. The molecule has 2 unspecified atom stereocenters. The topological polar surface area (TPSA) is 142 Å². The van der Waals surface area contributed by atoms with Crippen LogP contribution in [0.2, 0.25) is 0 Å². The van der Waals surface area contributed by atoms with Gasteiger partial charge in [0, 0.05) is 6.07 Å². The number of hydrogen-bond donors (Lipinski definition) is 3. The maximum absolute atomic E-state index is 12.5. The van der Waals surface area contributed by atoms with Crippen LogP contribution in [0.1, 0.15) is 38.8 Å². The highest BCUT2D eigenvalue weighted by Gasteiger charge is 2.30. The first-order chi connectivity index (χ1) is 18.4. The number of nitrogens with one attached hydrogen (secondary N) is 2. The summed E-state index contributed by atoms with van der Waals surface area (Å²) < 4.78 is 26.4. The summed E-state index contributed by atoms with van der Waals surface area (Å²) in [4.78, 5) is 35.6. The lowest BCUT2D eigenvalue weighted by Gasteiger charge is -2.30. The molecule has 2 rings (SSSR count). The Kier molecular flexibility index (Phi) is 11.6. The summed E-state index contributed by atoms with van der Waals surface area (Å²) in [7, 11) is 3.17. The summed E-state index contributed by atoms with van der Waals surface area (Å²) >= 11 is 0. The first kappa shape index (κ1) is 31.0. The van der Waals surface area contributed by atoms with Gasteiger partial charge in [-0.2, -0.15) is 0 Å².